The molecule has 0 fully saturated rings. The van der Waals surface area contributed by atoms with E-state index in [4.69, 9.17) is 16.3 Å². The van der Waals surface area contributed by atoms with Crippen molar-refractivity contribution in [3.63, 3.8) is 0 Å². The quantitative estimate of drug-likeness (QED) is 0.229. The molecule has 0 aliphatic heterocycles. The first-order valence-corrected chi connectivity index (χ1v) is 12.3. The van der Waals surface area contributed by atoms with Crippen molar-refractivity contribution in [2.75, 3.05) is 5.32 Å². The van der Waals surface area contributed by atoms with Crippen molar-refractivity contribution in [3.05, 3.63) is 107 Å². The summed E-state index contributed by atoms with van der Waals surface area (Å²) < 4.78 is 5.97. The highest BCUT2D eigenvalue weighted by molar-refractivity contribution is 6.31. The molecule has 2 heterocycles. The molecule has 180 valence electrons. The number of carbonyl (C=O) groups excluding carboxylic acids is 1. The van der Waals surface area contributed by atoms with Gasteiger partial charge in [0, 0.05) is 28.5 Å². The Morgan fingerprint density at radius 2 is 1.83 bits per heavy atom. The van der Waals surface area contributed by atoms with E-state index in [0.29, 0.717) is 35.1 Å². The van der Waals surface area contributed by atoms with E-state index in [2.05, 4.69) is 40.4 Å². The van der Waals surface area contributed by atoms with Crippen LogP contribution in [0.25, 0.3) is 22.3 Å². The molecule has 5 nitrogen and oxygen atoms in total. The van der Waals surface area contributed by atoms with Gasteiger partial charge in [0.1, 0.15) is 5.75 Å². The molecule has 0 radical (unpaired) electrons. The van der Waals surface area contributed by atoms with Gasteiger partial charge in [-0.3, -0.25) is 9.78 Å². The van der Waals surface area contributed by atoms with Gasteiger partial charge < -0.3 is 15.0 Å². The van der Waals surface area contributed by atoms with Crippen LogP contribution in [0.2, 0.25) is 5.02 Å². The summed E-state index contributed by atoms with van der Waals surface area (Å²) in [5.41, 5.74) is 5.89. The number of pyridine rings is 1. The molecule has 2 N–H and O–H groups in total. The summed E-state index contributed by atoms with van der Waals surface area (Å²) in [4.78, 5) is 21.0. The zero-order chi connectivity index (χ0) is 24.9. The summed E-state index contributed by atoms with van der Waals surface area (Å²) in [5.74, 6) is 1.14. The van der Waals surface area contributed by atoms with E-state index in [-0.39, 0.29) is 5.91 Å². The third-order valence-corrected chi connectivity index (χ3v) is 6.24. The normalized spacial score (nSPS) is 10.9. The molecule has 0 bridgehead atoms. The maximum Gasteiger partial charge on any atom is 0.224 e. The minimum absolute atomic E-state index is 0.0920. The maximum atomic E-state index is 12.9. The van der Waals surface area contributed by atoms with Gasteiger partial charge in [-0.2, -0.15) is 0 Å². The molecule has 0 saturated heterocycles. The van der Waals surface area contributed by atoms with Crippen molar-refractivity contribution in [2.45, 2.75) is 26.2 Å². The van der Waals surface area contributed by atoms with Crippen molar-refractivity contribution in [1.82, 2.24) is 9.97 Å². The SMILES string of the molecule is Cc1ccc2[nH]c(-c3ccccn3)c(CCCC(=O)Nc3cc(Cl)ccc3Oc3ccccc3)c2c1. The Kier molecular flexibility index (Phi) is 7.01. The Morgan fingerprint density at radius 3 is 2.64 bits per heavy atom. The summed E-state index contributed by atoms with van der Waals surface area (Å²) in [7, 11) is 0. The van der Waals surface area contributed by atoms with E-state index in [1.54, 1.807) is 24.4 Å². The number of nitrogens with one attached hydrogen (secondary N) is 2. The van der Waals surface area contributed by atoms with Gasteiger partial charge in [0.2, 0.25) is 5.91 Å². The number of aromatic nitrogens is 2. The molecule has 1 amide bonds. The van der Waals surface area contributed by atoms with Crippen LogP contribution in [0.4, 0.5) is 5.69 Å². The first kappa shape index (κ1) is 23.6. The minimum atomic E-state index is -0.0920. The van der Waals surface area contributed by atoms with Crippen LogP contribution >= 0.6 is 11.6 Å². The standard InChI is InChI=1S/C30H26ClN3O2/c1-20-13-15-25-24(18-20)23(30(34-25)26-11-5-6-17-32-26)10-7-12-29(35)33-27-19-21(31)14-16-28(27)36-22-8-3-2-4-9-22/h2-6,8-9,11,13-19,34H,7,10,12H2,1H3,(H,33,35). The molecule has 0 aliphatic rings. The molecule has 2 aromatic heterocycles. The summed E-state index contributed by atoms with van der Waals surface area (Å²) in [5, 5.41) is 4.67. The number of anilines is 1. The number of H-pyrrole nitrogens is 1. The van der Waals surface area contributed by atoms with E-state index in [9.17, 15) is 4.79 Å². The van der Waals surface area contributed by atoms with Crippen molar-refractivity contribution in [3.8, 4) is 22.9 Å². The predicted molar refractivity (Wildman–Crippen MR) is 146 cm³/mol. The van der Waals surface area contributed by atoms with Gasteiger partial charge in [0.25, 0.3) is 0 Å². The topological polar surface area (TPSA) is 67.0 Å². The average molecular weight is 496 g/mol. The number of rotatable bonds is 8. The summed E-state index contributed by atoms with van der Waals surface area (Å²) >= 11 is 6.20. The minimum Gasteiger partial charge on any atom is -0.455 e. The molecule has 36 heavy (non-hydrogen) atoms. The number of nitrogens with zero attached hydrogens (tertiary/aromatic N) is 1. The maximum absolute atomic E-state index is 12.9. The zero-order valence-corrected chi connectivity index (χ0v) is 20.7. The second kappa shape index (κ2) is 10.7. The molecule has 5 aromatic rings. The van der Waals surface area contributed by atoms with Crippen LogP contribution in [0.3, 0.4) is 0 Å². The summed E-state index contributed by atoms with van der Waals surface area (Å²) in [6, 6.07) is 26.9. The lowest BCUT2D eigenvalue weighted by Gasteiger charge is -2.13. The molecular formula is C30H26ClN3O2. The summed E-state index contributed by atoms with van der Waals surface area (Å²) in [6.07, 6.45) is 3.58. The highest BCUT2D eigenvalue weighted by Crippen LogP contribution is 2.33. The number of para-hydroxylation sites is 1. The monoisotopic (exact) mass is 495 g/mol. The van der Waals surface area contributed by atoms with Crippen LogP contribution < -0.4 is 10.1 Å². The number of hydrogen-bond donors (Lipinski definition) is 2. The molecular weight excluding hydrogens is 470 g/mol. The number of fused-ring (bicyclic) bond motifs is 1. The number of carbonyl (C=O) groups is 1. The fourth-order valence-corrected chi connectivity index (χ4v) is 4.47. The Morgan fingerprint density at radius 1 is 1.00 bits per heavy atom. The largest absolute Gasteiger partial charge is 0.455 e. The molecule has 3 aromatic carbocycles. The lowest BCUT2D eigenvalue weighted by atomic mass is 10.0. The van der Waals surface area contributed by atoms with Crippen LogP contribution in [-0.2, 0) is 11.2 Å². The Labute approximate surface area is 215 Å². The first-order valence-electron chi connectivity index (χ1n) is 11.9. The van der Waals surface area contributed by atoms with Crippen molar-refractivity contribution in [2.24, 2.45) is 0 Å². The van der Waals surface area contributed by atoms with Crippen LogP contribution in [0.1, 0.15) is 24.0 Å². The van der Waals surface area contributed by atoms with E-state index in [0.717, 1.165) is 23.3 Å². The highest BCUT2D eigenvalue weighted by atomic mass is 35.5. The Balaban J connectivity index is 1.31. The zero-order valence-electron chi connectivity index (χ0n) is 19.9. The Hall–Kier alpha value is -4.09. The smallest absolute Gasteiger partial charge is 0.224 e. The van der Waals surface area contributed by atoms with Gasteiger partial charge in [-0.1, -0.05) is 47.5 Å². The summed E-state index contributed by atoms with van der Waals surface area (Å²) in [6.45, 7) is 2.09. The molecule has 0 aliphatic carbocycles. The number of amides is 1. The molecule has 0 saturated carbocycles. The number of aromatic amines is 1. The molecule has 0 unspecified atom stereocenters. The van der Waals surface area contributed by atoms with Crippen molar-refractivity contribution in [1.29, 1.82) is 0 Å². The lowest BCUT2D eigenvalue weighted by Crippen LogP contribution is -2.12. The van der Waals surface area contributed by atoms with E-state index >= 15 is 0 Å². The van der Waals surface area contributed by atoms with Gasteiger partial charge in [-0.05, 0) is 79.9 Å². The number of aryl methyl sites for hydroxylation is 2. The number of hydrogen-bond acceptors (Lipinski definition) is 3. The molecule has 0 spiro atoms. The van der Waals surface area contributed by atoms with Crippen LogP contribution in [0, 0.1) is 6.92 Å². The van der Waals surface area contributed by atoms with E-state index in [1.807, 2.05) is 48.5 Å². The van der Waals surface area contributed by atoms with Crippen LogP contribution in [0.15, 0.2) is 91.1 Å². The number of benzene rings is 3. The Bertz CT molecular complexity index is 1500. The third kappa shape index (κ3) is 5.42. The van der Waals surface area contributed by atoms with Gasteiger partial charge in [-0.15, -0.1) is 0 Å². The van der Waals surface area contributed by atoms with Crippen LogP contribution in [0.5, 0.6) is 11.5 Å². The molecule has 0 atom stereocenters. The second-order valence-corrected chi connectivity index (χ2v) is 9.14. The molecule has 6 heteroatoms. The second-order valence-electron chi connectivity index (χ2n) is 8.70. The van der Waals surface area contributed by atoms with Crippen molar-refractivity contribution < 1.29 is 9.53 Å². The first-order chi connectivity index (χ1) is 17.6. The fourth-order valence-electron chi connectivity index (χ4n) is 4.29. The van der Waals surface area contributed by atoms with E-state index in [1.165, 1.54) is 16.5 Å². The lowest BCUT2D eigenvalue weighted by molar-refractivity contribution is -0.116. The third-order valence-electron chi connectivity index (χ3n) is 6.00. The number of halogens is 1. The van der Waals surface area contributed by atoms with Gasteiger partial charge in [-0.25, -0.2) is 0 Å². The van der Waals surface area contributed by atoms with Crippen molar-refractivity contribution >= 4 is 34.1 Å². The predicted octanol–water partition coefficient (Wildman–Crippen LogP) is 7.95. The molecule has 5 rings (SSSR count). The van der Waals surface area contributed by atoms with Gasteiger partial charge in [0.05, 0.1) is 17.1 Å². The fraction of sp³-hybridized carbons (Fsp3) is 0.133. The van der Waals surface area contributed by atoms with Gasteiger partial charge >= 0.3 is 0 Å². The number of ether oxygens (including phenoxy) is 1. The highest BCUT2D eigenvalue weighted by Gasteiger charge is 2.16. The average Bonchev–Trinajstić information content (AvgIpc) is 3.24. The van der Waals surface area contributed by atoms with Crippen LogP contribution in [-0.4, -0.2) is 15.9 Å². The van der Waals surface area contributed by atoms with Gasteiger partial charge in [0.15, 0.2) is 5.75 Å². The van der Waals surface area contributed by atoms with E-state index < -0.39 is 0 Å².